The average Bonchev–Trinajstić information content (AvgIpc) is 3.56. The molecule has 0 aliphatic carbocycles. The summed E-state index contributed by atoms with van der Waals surface area (Å²) in [6.07, 6.45) is 2.29. The van der Waals surface area contributed by atoms with Gasteiger partial charge in [0.2, 0.25) is 0 Å². The number of amides is 1. The molecule has 1 aliphatic rings. The molecule has 1 atom stereocenters. The maximum Gasteiger partial charge on any atom is 0.251 e. The van der Waals surface area contributed by atoms with Gasteiger partial charge in [-0.3, -0.25) is 4.79 Å². The molecule has 1 aliphatic heterocycles. The number of carbonyl (C=O) groups is 1. The summed E-state index contributed by atoms with van der Waals surface area (Å²) in [5.74, 6) is 1.96. The van der Waals surface area contributed by atoms with E-state index < -0.39 is 0 Å². The van der Waals surface area contributed by atoms with Gasteiger partial charge in [-0.2, -0.15) is 0 Å². The molecule has 5 rings (SSSR count). The Morgan fingerprint density at radius 3 is 2.81 bits per heavy atom. The average molecular weight is 435 g/mol. The topological polar surface area (TPSA) is 73.6 Å². The number of benzene rings is 2. The molecule has 1 saturated heterocycles. The summed E-state index contributed by atoms with van der Waals surface area (Å²) in [6, 6.07) is 18.9. The van der Waals surface area contributed by atoms with E-state index in [1.807, 2.05) is 48.5 Å². The van der Waals surface area contributed by atoms with Crippen LogP contribution in [0.3, 0.4) is 0 Å². The highest BCUT2D eigenvalue weighted by molar-refractivity contribution is 7.21. The van der Waals surface area contributed by atoms with E-state index in [9.17, 15) is 4.79 Å². The number of hydrogen-bond acceptors (Lipinski definition) is 6. The Morgan fingerprint density at radius 2 is 2.00 bits per heavy atom. The third kappa shape index (κ3) is 4.62. The van der Waals surface area contributed by atoms with Crippen LogP contribution < -0.4 is 10.1 Å². The van der Waals surface area contributed by atoms with E-state index in [2.05, 4.69) is 10.3 Å². The Hall–Kier alpha value is -3.16. The molecule has 2 aromatic carbocycles. The van der Waals surface area contributed by atoms with Crippen LogP contribution in [0.5, 0.6) is 5.75 Å². The van der Waals surface area contributed by atoms with Crippen LogP contribution in [0.2, 0.25) is 0 Å². The highest BCUT2D eigenvalue weighted by Crippen LogP contribution is 2.31. The van der Waals surface area contributed by atoms with Gasteiger partial charge in [0.05, 0.1) is 22.9 Å². The van der Waals surface area contributed by atoms with Crippen LogP contribution in [0.1, 0.15) is 29.0 Å². The fraction of sp³-hybridized carbons (Fsp3) is 0.250. The van der Waals surface area contributed by atoms with E-state index in [1.54, 1.807) is 23.5 Å². The van der Waals surface area contributed by atoms with Crippen LogP contribution in [0, 0.1) is 0 Å². The number of furan rings is 1. The molecular formula is C24H22N2O4S. The number of hydrogen-bond donors (Lipinski definition) is 1. The minimum absolute atomic E-state index is 0.163. The van der Waals surface area contributed by atoms with Gasteiger partial charge in [-0.25, -0.2) is 4.98 Å². The van der Waals surface area contributed by atoms with Crippen molar-refractivity contribution in [3.05, 3.63) is 72.0 Å². The van der Waals surface area contributed by atoms with Crippen LogP contribution in [0.4, 0.5) is 0 Å². The molecule has 4 aromatic rings. The van der Waals surface area contributed by atoms with Crippen molar-refractivity contribution in [3.63, 3.8) is 0 Å². The third-order valence-electron chi connectivity index (χ3n) is 5.17. The summed E-state index contributed by atoms with van der Waals surface area (Å²) < 4.78 is 18.3. The Bertz CT molecular complexity index is 1140. The SMILES string of the molecule is O=C(NCc1ccc(-c2nc3ccccc3s2)o1)c1ccc(OCC2CCCO2)cc1. The molecule has 158 valence electrons. The molecule has 31 heavy (non-hydrogen) atoms. The minimum atomic E-state index is -0.163. The second-order valence-electron chi connectivity index (χ2n) is 7.41. The molecular weight excluding hydrogens is 412 g/mol. The lowest BCUT2D eigenvalue weighted by Crippen LogP contribution is -2.22. The first kappa shape index (κ1) is 19.8. The van der Waals surface area contributed by atoms with Gasteiger partial charge >= 0.3 is 0 Å². The number of carbonyl (C=O) groups excluding carboxylic acids is 1. The zero-order chi connectivity index (χ0) is 21.0. The zero-order valence-corrected chi connectivity index (χ0v) is 17.7. The van der Waals surface area contributed by atoms with Crippen LogP contribution in [0.15, 0.2) is 65.1 Å². The lowest BCUT2D eigenvalue weighted by molar-refractivity contribution is 0.0679. The van der Waals surface area contributed by atoms with Crippen molar-refractivity contribution in [3.8, 4) is 16.5 Å². The summed E-state index contributed by atoms with van der Waals surface area (Å²) in [7, 11) is 0. The van der Waals surface area contributed by atoms with Crippen molar-refractivity contribution in [1.82, 2.24) is 10.3 Å². The maximum absolute atomic E-state index is 12.5. The highest BCUT2D eigenvalue weighted by atomic mass is 32.1. The van der Waals surface area contributed by atoms with E-state index in [0.29, 0.717) is 30.2 Å². The standard InChI is InChI=1S/C24H22N2O4S/c27-23(16-7-9-17(10-8-16)29-15-19-4-3-13-28-19)25-14-18-11-12-21(30-18)24-26-20-5-1-2-6-22(20)31-24/h1-2,5-12,19H,3-4,13-15H2,(H,25,27). The molecule has 1 unspecified atom stereocenters. The quantitative estimate of drug-likeness (QED) is 0.441. The highest BCUT2D eigenvalue weighted by Gasteiger charge is 2.16. The molecule has 1 amide bonds. The Morgan fingerprint density at radius 1 is 1.13 bits per heavy atom. The number of fused-ring (bicyclic) bond motifs is 1. The van der Waals surface area contributed by atoms with Crippen molar-refractivity contribution in [2.45, 2.75) is 25.5 Å². The Balaban J connectivity index is 1.16. The largest absolute Gasteiger partial charge is 0.491 e. The Kier molecular flexibility index (Phi) is 5.69. The van der Waals surface area contributed by atoms with E-state index >= 15 is 0 Å². The maximum atomic E-state index is 12.5. The summed E-state index contributed by atoms with van der Waals surface area (Å²) in [4.78, 5) is 17.1. The van der Waals surface area contributed by atoms with Gasteiger partial charge in [-0.05, 0) is 61.4 Å². The molecule has 1 fully saturated rings. The molecule has 0 spiro atoms. The zero-order valence-electron chi connectivity index (χ0n) is 16.9. The summed E-state index contributed by atoms with van der Waals surface area (Å²) in [5.41, 5.74) is 1.53. The minimum Gasteiger partial charge on any atom is -0.491 e. The molecule has 0 saturated carbocycles. The van der Waals surface area contributed by atoms with Crippen LogP contribution >= 0.6 is 11.3 Å². The van der Waals surface area contributed by atoms with Gasteiger partial charge in [0, 0.05) is 12.2 Å². The van der Waals surface area contributed by atoms with E-state index in [1.165, 1.54) is 0 Å². The predicted molar refractivity (Wildman–Crippen MR) is 119 cm³/mol. The molecule has 0 radical (unpaired) electrons. The van der Waals surface area contributed by atoms with E-state index in [-0.39, 0.29) is 12.0 Å². The number of nitrogens with zero attached hydrogens (tertiary/aromatic N) is 1. The Labute approximate surface area is 183 Å². The van der Waals surface area contributed by atoms with Crippen molar-refractivity contribution in [2.75, 3.05) is 13.2 Å². The van der Waals surface area contributed by atoms with Crippen LogP contribution in [-0.2, 0) is 11.3 Å². The van der Waals surface area contributed by atoms with Crippen molar-refractivity contribution in [1.29, 1.82) is 0 Å². The predicted octanol–water partition coefficient (Wildman–Crippen LogP) is 5.04. The number of aromatic nitrogens is 1. The first-order valence-electron chi connectivity index (χ1n) is 10.3. The summed E-state index contributed by atoms with van der Waals surface area (Å²) in [5, 5.41) is 3.72. The second kappa shape index (κ2) is 8.91. The molecule has 6 nitrogen and oxygen atoms in total. The van der Waals surface area contributed by atoms with Crippen molar-refractivity contribution in [2.24, 2.45) is 0 Å². The summed E-state index contributed by atoms with van der Waals surface area (Å²) >= 11 is 1.59. The van der Waals surface area contributed by atoms with Gasteiger partial charge in [0.15, 0.2) is 10.8 Å². The van der Waals surface area contributed by atoms with Crippen LogP contribution in [0.25, 0.3) is 21.0 Å². The molecule has 2 aromatic heterocycles. The lowest BCUT2D eigenvalue weighted by Gasteiger charge is -2.11. The fourth-order valence-electron chi connectivity index (χ4n) is 3.50. The van der Waals surface area contributed by atoms with Gasteiger partial charge in [-0.15, -0.1) is 11.3 Å². The number of para-hydroxylation sites is 1. The number of rotatable bonds is 7. The lowest BCUT2D eigenvalue weighted by atomic mass is 10.2. The molecule has 7 heteroatoms. The molecule has 1 N–H and O–H groups in total. The van der Waals surface area contributed by atoms with Crippen LogP contribution in [-0.4, -0.2) is 30.2 Å². The number of nitrogens with one attached hydrogen (secondary N) is 1. The monoisotopic (exact) mass is 434 g/mol. The third-order valence-corrected chi connectivity index (χ3v) is 6.22. The van der Waals surface area contributed by atoms with E-state index in [4.69, 9.17) is 13.9 Å². The first-order chi connectivity index (χ1) is 15.2. The van der Waals surface area contributed by atoms with Gasteiger partial charge in [0.1, 0.15) is 18.1 Å². The second-order valence-corrected chi connectivity index (χ2v) is 8.44. The van der Waals surface area contributed by atoms with Crippen molar-refractivity contribution >= 4 is 27.5 Å². The van der Waals surface area contributed by atoms with Gasteiger partial charge in [0.25, 0.3) is 5.91 Å². The summed E-state index contributed by atoms with van der Waals surface area (Å²) in [6.45, 7) is 1.66. The van der Waals surface area contributed by atoms with E-state index in [0.717, 1.165) is 40.4 Å². The smallest absolute Gasteiger partial charge is 0.251 e. The number of thiazole rings is 1. The van der Waals surface area contributed by atoms with Crippen molar-refractivity contribution < 1.29 is 18.7 Å². The number of ether oxygens (including phenoxy) is 2. The first-order valence-corrected chi connectivity index (χ1v) is 11.1. The normalized spacial score (nSPS) is 15.9. The van der Waals surface area contributed by atoms with Gasteiger partial charge in [-0.1, -0.05) is 12.1 Å². The van der Waals surface area contributed by atoms with Gasteiger partial charge < -0.3 is 19.2 Å². The molecule has 0 bridgehead atoms. The fourth-order valence-corrected chi connectivity index (χ4v) is 4.43. The molecule has 3 heterocycles.